The van der Waals surface area contributed by atoms with Crippen molar-refractivity contribution in [2.24, 2.45) is 0 Å². The number of halogens is 2. The van der Waals surface area contributed by atoms with E-state index in [0.717, 1.165) is 10.5 Å². The van der Waals surface area contributed by atoms with Gasteiger partial charge in [0, 0.05) is 10.6 Å². The zero-order valence-corrected chi connectivity index (χ0v) is 19.8. The van der Waals surface area contributed by atoms with Crippen LogP contribution in [0.5, 0.6) is 17.2 Å². The van der Waals surface area contributed by atoms with Crippen LogP contribution in [0.25, 0.3) is 6.08 Å². The number of anilines is 1. The minimum atomic E-state index is -0.901. The number of carbonyl (C=O) groups is 3. The van der Waals surface area contributed by atoms with Crippen LogP contribution in [0.4, 0.5) is 10.5 Å². The van der Waals surface area contributed by atoms with Crippen LogP contribution in [0, 0.1) is 0 Å². The fourth-order valence-corrected chi connectivity index (χ4v) is 3.85. The molecule has 0 aliphatic carbocycles. The summed E-state index contributed by atoms with van der Waals surface area (Å²) in [4.78, 5) is 38.6. The lowest BCUT2D eigenvalue weighted by Crippen LogP contribution is -2.54. The van der Waals surface area contributed by atoms with Crippen molar-refractivity contribution in [3.05, 3.63) is 87.4 Å². The van der Waals surface area contributed by atoms with E-state index in [1.54, 1.807) is 18.2 Å². The summed E-state index contributed by atoms with van der Waals surface area (Å²) in [5.41, 5.74) is 1.01. The predicted molar refractivity (Wildman–Crippen MR) is 131 cm³/mol. The van der Waals surface area contributed by atoms with E-state index in [9.17, 15) is 19.5 Å². The van der Waals surface area contributed by atoms with Gasteiger partial charge in [0.05, 0.1) is 17.8 Å². The summed E-state index contributed by atoms with van der Waals surface area (Å²) in [5, 5.41) is 12.3. The van der Waals surface area contributed by atoms with Gasteiger partial charge in [0.2, 0.25) is 0 Å². The topological polar surface area (TPSA) is 105 Å². The van der Waals surface area contributed by atoms with Gasteiger partial charge >= 0.3 is 6.03 Å². The summed E-state index contributed by atoms with van der Waals surface area (Å²) in [6.07, 6.45) is 1.30. The van der Waals surface area contributed by atoms with Crippen LogP contribution in [-0.2, 0) is 16.2 Å². The fraction of sp³-hybridized carbons (Fsp3) is 0.0800. The molecule has 3 aromatic carbocycles. The molecule has 178 valence electrons. The number of benzene rings is 3. The molecule has 0 radical (unpaired) electrons. The lowest BCUT2D eigenvalue weighted by Gasteiger charge is -2.26. The van der Waals surface area contributed by atoms with Crippen molar-refractivity contribution in [2.45, 2.75) is 6.61 Å². The maximum absolute atomic E-state index is 13.0. The van der Waals surface area contributed by atoms with Gasteiger partial charge in [0.25, 0.3) is 11.8 Å². The Morgan fingerprint density at radius 1 is 1.00 bits per heavy atom. The van der Waals surface area contributed by atoms with Gasteiger partial charge < -0.3 is 14.6 Å². The van der Waals surface area contributed by atoms with E-state index in [0.29, 0.717) is 10.6 Å². The van der Waals surface area contributed by atoms with Gasteiger partial charge in [-0.15, -0.1) is 0 Å². The van der Waals surface area contributed by atoms with Crippen molar-refractivity contribution in [1.82, 2.24) is 5.32 Å². The number of nitrogens with zero attached hydrogens (tertiary/aromatic N) is 1. The van der Waals surface area contributed by atoms with E-state index in [2.05, 4.69) is 5.32 Å². The smallest absolute Gasteiger partial charge is 0.335 e. The number of nitrogens with one attached hydrogen (secondary N) is 1. The third-order valence-electron chi connectivity index (χ3n) is 5.10. The molecule has 1 fully saturated rings. The van der Waals surface area contributed by atoms with Gasteiger partial charge in [-0.3, -0.25) is 14.9 Å². The van der Waals surface area contributed by atoms with Crippen LogP contribution in [0.3, 0.4) is 0 Å². The maximum atomic E-state index is 13.0. The van der Waals surface area contributed by atoms with Gasteiger partial charge in [0.1, 0.15) is 17.9 Å². The molecule has 1 aliphatic rings. The molecule has 0 saturated carbocycles. The third-order valence-corrected chi connectivity index (χ3v) is 5.75. The Morgan fingerprint density at radius 2 is 1.71 bits per heavy atom. The number of phenolic OH excluding ortho intramolecular Hbond substituents is 1. The molecule has 0 spiro atoms. The number of phenols is 1. The minimum absolute atomic E-state index is 0.0379. The molecule has 1 aliphatic heterocycles. The zero-order chi connectivity index (χ0) is 25.1. The second-order valence-corrected chi connectivity index (χ2v) is 8.20. The number of hydrogen-bond donors (Lipinski definition) is 2. The standard InChI is InChI=1S/C25H18Cl2N2O6/c1-34-21-12-14(11-20(27)22(21)35-13-15-4-2-3-5-19(15)26)10-18-23(31)28-25(33)29(24(18)32)16-6-8-17(30)9-7-16/h2-12,30H,13H2,1H3,(H,28,31,33)/b18-10+. The van der Waals surface area contributed by atoms with Crippen molar-refractivity contribution in [2.75, 3.05) is 12.0 Å². The molecule has 0 unspecified atom stereocenters. The van der Waals surface area contributed by atoms with Crippen molar-refractivity contribution in [3.63, 3.8) is 0 Å². The van der Waals surface area contributed by atoms with Crippen molar-refractivity contribution >= 4 is 52.8 Å². The van der Waals surface area contributed by atoms with E-state index in [-0.39, 0.29) is 40.1 Å². The molecule has 3 aromatic rings. The molecule has 2 N–H and O–H groups in total. The lowest BCUT2D eigenvalue weighted by atomic mass is 10.1. The summed E-state index contributed by atoms with van der Waals surface area (Å²) < 4.78 is 11.2. The third kappa shape index (κ3) is 5.08. The number of barbiturate groups is 1. The van der Waals surface area contributed by atoms with Crippen molar-refractivity contribution < 1.29 is 29.0 Å². The average molecular weight is 513 g/mol. The number of ether oxygens (including phenoxy) is 2. The molecule has 8 nitrogen and oxygen atoms in total. The summed E-state index contributed by atoms with van der Waals surface area (Å²) >= 11 is 12.6. The van der Waals surface area contributed by atoms with Crippen molar-refractivity contribution in [3.8, 4) is 17.2 Å². The SMILES string of the molecule is COc1cc(/C=C2\C(=O)NC(=O)N(c3ccc(O)cc3)C2=O)cc(Cl)c1OCc1ccccc1Cl. The minimum Gasteiger partial charge on any atom is -0.508 e. The van der Waals surface area contributed by atoms with Crippen LogP contribution >= 0.6 is 23.2 Å². The Balaban J connectivity index is 1.64. The number of amides is 4. The number of rotatable bonds is 6. The first-order valence-corrected chi connectivity index (χ1v) is 11.0. The van der Waals surface area contributed by atoms with Crippen LogP contribution in [0.2, 0.25) is 10.0 Å². The molecule has 0 aromatic heterocycles. The average Bonchev–Trinajstić information content (AvgIpc) is 2.83. The Labute approximate surface area is 210 Å². The molecule has 0 bridgehead atoms. The summed E-state index contributed by atoms with van der Waals surface area (Å²) in [6.45, 7) is 0.140. The molecule has 4 amide bonds. The Bertz CT molecular complexity index is 1350. The Hall–Kier alpha value is -4.01. The predicted octanol–water partition coefficient (Wildman–Crippen LogP) is 4.95. The van der Waals surface area contributed by atoms with Crippen LogP contribution < -0.4 is 19.7 Å². The highest BCUT2D eigenvalue weighted by Crippen LogP contribution is 2.38. The number of urea groups is 1. The quantitative estimate of drug-likeness (QED) is 0.357. The number of imide groups is 2. The Morgan fingerprint density at radius 3 is 2.40 bits per heavy atom. The fourth-order valence-electron chi connectivity index (χ4n) is 3.39. The molecular weight excluding hydrogens is 495 g/mol. The largest absolute Gasteiger partial charge is 0.508 e. The van der Waals surface area contributed by atoms with Crippen LogP contribution in [0.15, 0.2) is 66.2 Å². The lowest BCUT2D eigenvalue weighted by molar-refractivity contribution is -0.122. The zero-order valence-electron chi connectivity index (χ0n) is 18.2. The maximum Gasteiger partial charge on any atom is 0.335 e. The highest BCUT2D eigenvalue weighted by molar-refractivity contribution is 6.39. The number of methoxy groups -OCH3 is 1. The molecule has 10 heteroatoms. The number of carbonyl (C=O) groups excluding carboxylic acids is 3. The van der Waals surface area contributed by atoms with Crippen LogP contribution in [-0.4, -0.2) is 30.1 Å². The first kappa shape index (κ1) is 24.1. The summed E-state index contributed by atoms with van der Waals surface area (Å²) in [6, 6.07) is 14.7. The number of aromatic hydroxyl groups is 1. The van der Waals surface area contributed by atoms with Crippen LogP contribution in [0.1, 0.15) is 11.1 Å². The van der Waals surface area contributed by atoms with E-state index in [1.165, 1.54) is 43.5 Å². The first-order valence-electron chi connectivity index (χ1n) is 10.2. The second kappa shape index (κ2) is 10.1. The summed E-state index contributed by atoms with van der Waals surface area (Å²) in [5.74, 6) is -1.20. The van der Waals surface area contributed by atoms with E-state index in [4.69, 9.17) is 32.7 Å². The molecule has 35 heavy (non-hydrogen) atoms. The monoisotopic (exact) mass is 512 g/mol. The molecule has 4 rings (SSSR count). The highest BCUT2D eigenvalue weighted by atomic mass is 35.5. The number of hydrogen-bond acceptors (Lipinski definition) is 6. The second-order valence-electron chi connectivity index (χ2n) is 7.39. The van der Waals surface area contributed by atoms with Gasteiger partial charge in [-0.1, -0.05) is 41.4 Å². The molecule has 1 heterocycles. The summed E-state index contributed by atoms with van der Waals surface area (Å²) in [7, 11) is 1.43. The first-order chi connectivity index (χ1) is 16.8. The van der Waals surface area contributed by atoms with Gasteiger partial charge in [-0.2, -0.15) is 0 Å². The van der Waals surface area contributed by atoms with Gasteiger partial charge in [-0.05, 0) is 54.1 Å². The van der Waals surface area contributed by atoms with Gasteiger partial charge in [0.15, 0.2) is 11.5 Å². The van der Waals surface area contributed by atoms with Crippen molar-refractivity contribution in [1.29, 1.82) is 0 Å². The highest BCUT2D eigenvalue weighted by Gasteiger charge is 2.36. The van der Waals surface area contributed by atoms with E-state index < -0.39 is 17.8 Å². The normalized spacial score (nSPS) is 14.8. The van der Waals surface area contributed by atoms with E-state index in [1.807, 2.05) is 12.1 Å². The van der Waals surface area contributed by atoms with E-state index >= 15 is 0 Å². The van der Waals surface area contributed by atoms with Gasteiger partial charge in [-0.25, -0.2) is 9.69 Å². The molecule has 1 saturated heterocycles. The molecule has 0 atom stereocenters. The Kier molecular flexibility index (Phi) is 6.95. The molecular formula is C25H18Cl2N2O6.